The average molecular weight is 435 g/mol. The van der Waals surface area contributed by atoms with Crippen LogP contribution in [0, 0.1) is 5.82 Å². The number of amides is 2. The van der Waals surface area contributed by atoms with Crippen molar-refractivity contribution < 1.29 is 23.5 Å². The monoisotopic (exact) mass is 434 g/mol. The van der Waals surface area contributed by atoms with Crippen molar-refractivity contribution in [3.63, 3.8) is 0 Å². The Morgan fingerprint density at radius 3 is 2.67 bits per heavy atom. The number of hydrazone groups is 1. The topological polar surface area (TPSA) is 106 Å². The van der Waals surface area contributed by atoms with Gasteiger partial charge < -0.3 is 20.5 Å². The van der Waals surface area contributed by atoms with Crippen molar-refractivity contribution in [2.75, 3.05) is 30.6 Å². The molecule has 1 heterocycles. The number of nitrogens with two attached hydrogens (primary N) is 1. The summed E-state index contributed by atoms with van der Waals surface area (Å²) in [4.78, 5) is 24.7. The Hall–Kier alpha value is -3.17. The van der Waals surface area contributed by atoms with Gasteiger partial charge >= 0.3 is 0 Å². The number of carbonyl (C=O) groups is 2. The third-order valence-corrected chi connectivity index (χ3v) is 4.64. The predicted octanol–water partition coefficient (Wildman–Crippen LogP) is 2.56. The van der Waals surface area contributed by atoms with Gasteiger partial charge in [0.15, 0.2) is 5.75 Å². The molecule has 2 aromatic rings. The first-order valence-corrected chi connectivity index (χ1v) is 9.41. The number of carbonyl (C=O) groups excluding carboxylic acids is 2. The maximum atomic E-state index is 13.2. The Morgan fingerprint density at radius 1 is 1.27 bits per heavy atom. The lowest BCUT2D eigenvalue weighted by atomic mass is 10.1. The van der Waals surface area contributed by atoms with Crippen molar-refractivity contribution in [2.45, 2.75) is 12.5 Å². The minimum Gasteiger partial charge on any atom is -0.487 e. The molecule has 0 fully saturated rings. The van der Waals surface area contributed by atoms with Crippen LogP contribution < -0.4 is 20.8 Å². The highest BCUT2D eigenvalue weighted by Gasteiger charge is 2.35. The molecule has 0 aromatic heterocycles. The van der Waals surface area contributed by atoms with E-state index in [2.05, 4.69) is 10.4 Å². The summed E-state index contributed by atoms with van der Waals surface area (Å²) < 4.78 is 23.8. The van der Waals surface area contributed by atoms with E-state index in [1.54, 1.807) is 25.3 Å². The normalized spacial score (nSPS) is 15.6. The first-order valence-electron chi connectivity index (χ1n) is 9.04. The number of halogens is 2. The average Bonchev–Trinajstić information content (AvgIpc) is 3.17. The smallest absolute Gasteiger partial charge is 0.272 e. The van der Waals surface area contributed by atoms with Crippen LogP contribution in [0.5, 0.6) is 5.75 Å². The first kappa shape index (κ1) is 21.5. The van der Waals surface area contributed by atoms with E-state index in [1.807, 2.05) is 0 Å². The SMILES string of the molecule is COCCOc1c(Cl)cccc1NC(=O)C1=NN(c2ccc(F)cc2)C(C(N)=O)C1. The molecule has 0 saturated heterocycles. The lowest BCUT2D eigenvalue weighted by Crippen LogP contribution is -2.39. The highest BCUT2D eigenvalue weighted by Crippen LogP contribution is 2.33. The maximum Gasteiger partial charge on any atom is 0.272 e. The van der Waals surface area contributed by atoms with Gasteiger partial charge in [-0.05, 0) is 36.4 Å². The second-order valence-corrected chi connectivity index (χ2v) is 6.81. The third kappa shape index (κ3) is 4.87. The molecule has 3 rings (SSSR count). The number of nitrogens with one attached hydrogen (secondary N) is 1. The van der Waals surface area contributed by atoms with Crippen LogP contribution >= 0.6 is 11.6 Å². The van der Waals surface area contributed by atoms with Crippen molar-refractivity contribution in [1.82, 2.24) is 0 Å². The molecule has 0 radical (unpaired) electrons. The molecule has 1 aliphatic rings. The summed E-state index contributed by atoms with van der Waals surface area (Å²) in [6, 6.07) is 9.43. The van der Waals surface area contributed by atoms with E-state index in [4.69, 9.17) is 26.8 Å². The number of methoxy groups -OCH3 is 1. The molecule has 0 aliphatic carbocycles. The number of benzene rings is 2. The standard InChI is InChI=1S/C20H20ClFN4O4/c1-29-9-10-30-18-14(21)3-2-4-15(18)24-20(28)16-11-17(19(23)27)26(25-16)13-7-5-12(22)6-8-13/h2-8,17H,9-11H2,1H3,(H2,23,27)(H,24,28). The van der Waals surface area contributed by atoms with Gasteiger partial charge in [-0.15, -0.1) is 0 Å². The molecule has 1 atom stereocenters. The molecule has 2 aromatic carbocycles. The lowest BCUT2D eigenvalue weighted by Gasteiger charge is -2.20. The fourth-order valence-corrected chi connectivity index (χ4v) is 3.11. The van der Waals surface area contributed by atoms with Gasteiger partial charge in [-0.3, -0.25) is 14.6 Å². The van der Waals surface area contributed by atoms with E-state index >= 15 is 0 Å². The summed E-state index contributed by atoms with van der Waals surface area (Å²) in [5.41, 5.74) is 6.35. The van der Waals surface area contributed by atoms with E-state index in [0.29, 0.717) is 28.8 Å². The largest absolute Gasteiger partial charge is 0.487 e. The summed E-state index contributed by atoms with van der Waals surface area (Å²) in [7, 11) is 1.54. The lowest BCUT2D eigenvalue weighted by molar-refractivity contribution is -0.119. The predicted molar refractivity (Wildman–Crippen MR) is 111 cm³/mol. The van der Waals surface area contributed by atoms with Gasteiger partial charge in [0.2, 0.25) is 5.91 Å². The van der Waals surface area contributed by atoms with Crippen molar-refractivity contribution in [1.29, 1.82) is 0 Å². The molecule has 158 valence electrons. The van der Waals surface area contributed by atoms with Gasteiger partial charge in [-0.25, -0.2) is 4.39 Å². The Bertz CT molecular complexity index is 968. The number of para-hydroxylation sites is 1. The molecule has 8 nitrogen and oxygen atoms in total. The fraction of sp³-hybridized carbons (Fsp3) is 0.250. The van der Waals surface area contributed by atoms with Gasteiger partial charge in [0.25, 0.3) is 5.91 Å². The zero-order valence-electron chi connectivity index (χ0n) is 16.1. The van der Waals surface area contributed by atoms with Gasteiger partial charge in [-0.2, -0.15) is 5.10 Å². The number of hydrogen-bond donors (Lipinski definition) is 2. The molecule has 3 N–H and O–H groups in total. The third-order valence-electron chi connectivity index (χ3n) is 4.34. The Labute approximate surface area is 177 Å². The second-order valence-electron chi connectivity index (χ2n) is 6.40. The summed E-state index contributed by atoms with van der Waals surface area (Å²) in [5, 5.41) is 8.57. The number of ether oxygens (including phenoxy) is 2. The summed E-state index contributed by atoms with van der Waals surface area (Å²) in [6.45, 7) is 0.588. The van der Waals surface area contributed by atoms with Crippen LogP contribution in [0.2, 0.25) is 5.02 Å². The number of rotatable bonds is 8. The van der Waals surface area contributed by atoms with Gasteiger partial charge in [-0.1, -0.05) is 17.7 Å². The summed E-state index contributed by atoms with van der Waals surface area (Å²) in [6.07, 6.45) is -0.00102. The Balaban J connectivity index is 1.81. The zero-order chi connectivity index (χ0) is 21.7. The van der Waals surface area contributed by atoms with Crippen LogP contribution in [0.4, 0.5) is 15.8 Å². The molecule has 0 spiro atoms. The zero-order valence-corrected chi connectivity index (χ0v) is 16.9. The second kappa shape index (κ2) is 9.55. The van der Waals surface area contributed by atoms with Crippen molar-refractivity contribution in [3.8, 4) is 5.75 Å². The van der Waals surface area contributed by atoms with Crippen LogP contribution in [0.15, 0.2) is 47.6 Å². The minimum absolute atomic E-state index is 0.00102. The van der Waals surface area contributed by atoms with Crippen LogP contribution in [0.3, 0.4) is 0 Å². The molecule has 10 heteroatoms. The first-order chi connectivity index (χ1) is 14.4. The Morgan fingerprint density at radius 2 is 2.00 bits per heavy atom. The summed E-state index contributed by atoms with van der Waals surface area (Å²) >= 11 is 6.18. The minimum atomic E-state index is -0.868. The Kier molecular flexibility index (Phi) is 6.86. The van der Waals surface area contributed by atoms with Crippen LogP contribution in [-0.4, -0.2) is 43.9 Å². The van der Waals surface area contributed by atoms with Crippen LogP contribution in [0.25, 0.3) is 0 Å². The quantitative estimate of drug-likeness (QED) is 0.621. The van der Waals surface area contributed by atoms with Gasteiger partial charge in [0, 0.05) is 13.5 Å². The molecule has 1 aliphatic heterocycles. The van der Waals surface area contributed by atoms with Gasteiger partial charge in [0.1, 0.15) is 24.2 Å². The molecular weight excluding hydrogens is 415 g/mol. The molecule has 30 heavy (non-hydrogen) atoms. The molecule has 2 amide bonds. The highest BCUT2D eigenvalue weighted by molar-refractivity contribution is 6.44. The fourth-order valence-electron chi connectivity index (χ4n) is 2.88. The van der Waals surface area contributed by atoms with E-state index in [0.717, 1.165) is 0 Å². The summed E-state index contributed by atoms with van der Waals surface area (Å²) in [5.74, 6) is -1.33. The van der Waals surface area contributed by atoms with E-state index in [-0.39, 0.29) is 18.7 Å². The van der Waals surface area contributed by atoms with E-state index < -0.39 is 23.7 Å². The number of nitrogens with zero attached hydrogens (tertiary/aromatic N) is 2. The van der Waals surface area contributed by atoms with E-state index in [9.17, 15) is 14.0 Å². The van der Waals surface area contributed by atoms with Crippen molar-refractivity contribution in [2.24, 2.45) is 10.8 Å². The number of primary amides is 1. The van der Waals surface area contributed by atoms with E-state index in [1.165, 1.54) is 29.3 Å². The van der Waals surface area contributed by atoms with Crippen LogP contribution in [0.1, 0.15) is 6.42 Å². The van der Waals surface area contributed by atoms with Crippen LogP contribution in [-0.2, 0) is 14.3 Å². The van der Waals surface area contributed by atoms with Crippen molar-refractivity contribution in [3.05, 3.63) is 53.3 Å². The van der Waals surface area contributed by atoms with Crippen molar-refractivity contribution >= 4 is 40.5 Å². The van der Waals surface area contributed by atoms with Gasteiger partial charge in [0.05, 0.1) is 23.0 Å². The maximum absolute atomic E-state index is 13.2. The number of anilines is 2. The molecule has 0 bridgehead atoms. The molecule has 0 saturated carbocycles. The highest BCUT2D eigenvalue weighted by atomic mass is 35.5. The number of hydrogen-bond acceptors (Lipinski definition) is 6. The molecule has 1 unspecified atom stereocenters. The molecular formula is C20H20ClFN4O4.